The SMILES string of the molecule is COC(=O)[C@@H]1CC[C@H](C)CN1C(=O)C(F)(F)F.COC(=O)[C@@H]1CC[C@H](O)CN1C(=O)C(F)(F)F. The molecule has 0 spiro atoms. The number of amides is 2. The van der Waals surface area contributed by atoms with Crippen molar-refractivity contribution in [1.29, 1.82) is 0 Å². The molecule has 0 radical (unpaired) electrons. The number of carbonyl (C=O) groups excluding carboxylic acids is 4. The van der Waals surface area contributed by atoms with E-state index in [0.717, 1.165) is 14.2 Å². The Morgan fingerprint density at radius 1 is 0.735 bits per heavy atom. The van der Waals surface area contributed by atoms with Crippen molar-refractivity contribution in [2.24, 2.45) is 5.92 Å². The number of hydrogen-bond donors (Lipinski definition) is 1. The first-order valence-electron chi connectivity index (χ1n) is 10.1. The molecule has 15 heteroatoms. The van der Waals surface area contributed by atoms with Gasteiger partial charge in [-0.3, -0.25) is 9.59 Å². The average Bonchev–Trinajstić information content (AvgIpc) is 2.76. The van der Waals surface area contributed by atoms with Crippen LogP contribution in [0.1, 0.15) is 32.6 Å². The summed E-state index contributed by atoms with van der Waals surface area (Å²) in [5, 5.41) is 9.25. The molecule has 4 atom stereocenters. The van der Waals surface area contributed by atoms with Gasteiger partial charge in [0.15, 0.2) is 0 Å². The average molecular weight is 508 g/mol. The minimum Gasteiger partial charge on any atom is -0.467 e. The van der Waals surface area contributed by atoms with Gasteiger partial charge in [-0.05, 0) is 31.6 Å². The first-order valence-corrected chi connectivity index (χ1v) is 10.1. The van der Waals surface area contributed by atoms with E-state index in [1.807, 2.05) is 0 Å². The quantitative estimate of drug-likeness (QED) is 0.444. The predicted molar refractivity (Wildman–Crippen MR) is 101 cm³/mol. The summed E-state index contributed by atoms with van der Waals surface area (Å²) in [5.41, 5.74) is 0. The van der Waals surface area contributed by atoms with Crippen LogP contribution in [0, 0.1) is 5.92 Å². The van der Waals surface area contributed by atoms with Crippen molar-refractivity contribution in [1.82, 2.24) is 9.80 Å². The Kier molecular flexibility index (Phi) is 10.1. The Morgan fingerprint density at radius 3 is 1.50 bits per heavy atom. The lowest BCUT2D eigenvalue weighted by molar-refractivity contribution is -0.193. The van der Waals surface area contributed by atoms with Crippen LogP contribution < -0.4 is 0 Å². The third-order valence-electron chi connectivity index (χ3n) is 5.33. The number of piperidine rings is 2. The van der Waals surface area contributed by atoms with Gasteiger partial charge in [0.25, 0.3) is 0 Å². The summed E-state index contributed by atoms with van der Waals surface area (Å²) in [6.45, 7) is 1.15. The van der Waals surface area contributed by atoms with E-state index in [1.54, 1.807) is 6.92 Å². The van der Waals surface area contributed by atoms with E-state index >= 15 is 0 Å². The number of rotatable bonds is 2. The van der Waals surface area contributed by atoms with E-state index in [-0.39, 0.29) is 31.7 Å². The lowest BCUT2D eigenvalue weighted by Crippen LogP contribution is -2.56. The molecule has 0 aromatic rings. The van der Waals surface area contributed by atoms with E-state index in [1.165, 1.54) is 0 Å². The van der Waals surface area contributed by atoms with Crippen LogP contribution in [0.4, 0.5) is 26.3 Å². The molecule has 2 amide bonds. The molecule has 2 heterocycles. The van der Waals surface area contributed by atoms with Crippen LogP contribution in [-0.4, -0.2) is 96.5 Å². The van der Waals surface area contributed by atoms with Crippen molar-refractivity contribution in [3.05, 3.63) is 0 Å². The van der Waals surface area contributed by atoms with Gasteiger partial charge < -0.3 is 24.4 Å². The molecule has 2 saturated heterocycles. The van der Waals surface area contributed by atoms with E-state index in [2.05, 4.69) is 9.47 Å². The van der Waals surface area contributed by atoms with Crippen LogP contribution in [0.3, 0.4) is 0 Å². The molecule has 0 saturated carbocycles. The number of aliphatic hydroxyl groups is 1. The number of hydrogen-bond acceptors (Lipinski definition) is 7. The van der Waals surface area contributed by atoms with E-state index in [4.69, 9.17) is 0 Å². The molecule has 34 heavy (non-hydrogen) atoms. The molecule has 196 valence electrons. The summed E-state index contributed by atoms with van der Waals surface area (Å²) in [6.07, 6.45) is -10.2. The van der Waals surface area contributed by atoms with Gasteiger partial charge in [0, 0.05) is 13.1 Å². The van der Waals surface area contributed by atoms with Crippen molar-refractivity contribution >= 4 is 23.8 Å². The lowest BCUT2D eigenvalue weighted by atomic mass is 9.94. The van der Waals surface area contributed by atoms with Crippen molar-refractivity contribution in [2.75, 3.05) is 27.3 Å². The summed E-state index contributed by atoms with van der Waals surface area (Å²) in [7, 11) is 2.13. The summed E-state index contributed by atoms with van der Waals surface area (Å²) >= 11 is 0. The molecule has 2 fully saturated rings. The standard InChI is InChI=1S/C10H14F3NO3.C9H12F3NO4/c1-6-3-4-7(8(15)17-2)14(5-6)9(16)10(11,12)13;1-17-7(15)6-3-2-5(14)4-13(6)8(16)9(10,11)12/h6-7H,3-5H2,1-2H3;5-6,14H,2-4H2,1H3/t6-,7-;5-,6-/m00/s1. The molecule has 2 aliphatic heterocycles. The van der Waals surface area contributed by atoms with Crippen LogP contribution in [0.25, 0.3) is 0 Å². The number of alkyl halides is 6. The van der Waals surface area contributed by atoms with Gasteiger partial charge in [-0.2, -0.15) is 26.3 Å². The minimum atomic E-state index is -5.07. The smallest absolute Gasteiger partial charge is 0.467 e. The molecule has 1 N–H and O–H groups in total. The third-order valence-corrected chi connectivity index (χ3v) is 5.33. The van der Waals surface area contributed by atoms with Gasteiger partial charge in [-0.25, -0.2) is 9.59 Å². The highest BCUT2D eigenvalue weighted by molar-refractivity contribution is 5.88. The number of ether oxygens (including phenoxy) is 2. The molecule has 0 aromatic carbocycles. The Morgan fingerprint density at radius 2 is 1.12 bits per heavy atom. The molecule has 2 aliphatic rings. The second-order valence-corrected chi connectivity index (χ2v) is 7.90. The maximum absolute atomic E-state index is 12.4. The topological polar surface area (TPSA) is 113 Å². The van der Waals surface area contributed by atoms with E-state index in [0.29, 0.717) is 16.2 Å². The summed E-state index contributed by atoms with van der Waals surface area (Å²) < 4.78 is 82.7. The number of halogens is 6. The molecule has 9 nitrogen and oxygen atoms in total. The van der Waals surface area contributed by atoms with Crippen molar-refractivity contribution in [3.8, 4) is 0 Å². The van der Waals surface area contributed by atoms with E-state index in [9.17, 15) is 50.6 Å². The number of carbonyl (C=O) groups is 4. The second-order valence-electron chi connectivity index (χ2n) is 7.90. The fourth-order valence-corrected chi connectivity index (χ4v) is 3.64. The fraction of sp³-hybridized carbons (Fsp3) is 0.789. The maximum Gasteiger partial charge on any atom is 0.471 e. The lowest BCUT2D eigenvalue weighted by Gasteiger charge is -2.37. The van der Waals surface area contributed by atoms with Crippen LogP contribution in [0.5, 0.6) is 0 Å². The van der Waals surface area contributed by atoms with Crippen molar-refractivity contribution in [3.63, 3.8) is 0 Å². The number of methoxy groups -OCH3 is 2. The van der Waals surface area contributed by atoms with Gasteiger partial charge in [0.05, 0.1) is 20.3 Å². The molecular weight excluding hydrogens is 482 g/mol. The largest absolute Gasteiger partial charge is 0.471 e. The third kappa shape index (κ3) is 7.74. The molecular formula is C19H26F6N2O7. The van der Waals surface area contributed by atoms with Crippen LogP contribution in [0.15, 0.2) is 0 Å². The fourth-order valence-electron chi connectivity index (χ4n) is 3.64. The summed E-state index contributed by atoms with van der Waals surface area (Å²) in [6, 6.07) is -2.40. The van der Waals surface area contributed by atoms with Crippen LogP contribution in [0.2, 0.25) is 0 Å². The predicted octanol–water partition coefficient (Wildman–Crippen LogP) is 1.42. The van der Waals surface area contributed by atoms with Crippen molar-refractivity contribution < 1.29 is 60.1 Å². The monoisotopic (exact) mass is 508 g/mol. The number of nitrogens with zero attached hydrogens (tertiary/aromatic N) is 2. The Hall–Kier alpha value is -2.58. The zero-order chi connectivity index (χ0) is 26.4. The van der Waals surface area contributed by atoms with Gasteiger partial charge in [-0.15, -0.1) is 0 Å². The van der Waals surface area contributed by atoms with E-state index < -0.39 is 60.8 Å². The zero-order valence-corrected chi connectivity index (χ0v) is 18.6. The summed E-state index contributed by atoms with van der Waals surface area (Å²) in [4.78, 5) is 45.7. The zero-order valence-electron chi connectivity index (χ0n) is 18.6. The molecule has 0 aliphatic carbocycles. The molecule has 0 unspecified atom stereocenters. The maximum atomic E-state index is 12.4. The summed E-state index contributed by atoms with van der Waals surface area (Å²) in [5.74, 6) is -5.86. The second kappa shape index (κ2) is 11.7. The number of aliphatic hydroxyl groups excluding tert-OH is 1. The highest BCUT2D eigenvalue weighted by Crippen LogP contribution is 2.28. The van der Waals surface area contributed by atoms with Gasteiger partial charge >= 0.3 is 36.1 Å². The first kappa shape index (κ1) is 29.5. The molecule has 0 aromatic heterocycles. The van der Waals surface area contributed by atoms with Crippen LogP contribution in [-0.2, 0) is 28.7 Å². The molecule has 2 rings (SSSR count). The highest BCUT2D eigenvalue weighted by atomic mass is 19.4. The Balaban J connectivity index is 0.000000340. The first-order chi connectivity index (χ1) is 15.5. The number of likely N-dealkylation sites (tertiary alicyclic amines) is 2. The molecule has 0 bridgehead atoms. The Labute approximate surface area is 190 Å². The van der Waals surface area contributed by atoms with Crippen molar-refractivity contribution in [2.45, 2.75) is 63.1 Å². The normalized spacial score (nSPS) is 25.6. The number of β-amino-alcohol motifs (C(OH)–C–C–N with tert-alkyl or cyclic N) is 1. The number of esters is 2. The van der Waals surface area contributed by atoms with Gasteiger partial charge in [-0.1, -0.05) is 6.92 Å². The minimum absolute atomic E-state index is 0.0460. The Bertz CT molecular complexity index is 696. The van der Waals surface area contributed by atoms with Gasteiger partial charge in [0.2, 0.25) is 0 Å². The van der Waals surface area contributed by atoms with Crippen LogP contribution >= 0.6 is 0 Å². The highest BCUT2D eigenvalue weighted by Gasteiger charge is 2.49. The van der Waals surface area contributed by atoms with Gasteiger partial charge in [0.1, 0.15) is 12.1 Å².